The normalized spacial score (nSPS) is 15.3. The van der Waals surface area contributed by atoms with E-state index in [0.29, 0.717) is 46.0 Å². The number of thioether (sulfide) groups is 1. The number of hydrogen-bond acceptors (Lipinski definition) is 7. The molecule has 9 nitrogen and oxygen atoms in total. The molecule has 2 N–H and O–H groups in total. The number of carbonyl (C=O) groups is 2. The van der Waals surface area contributed by atoms with E-state index < -0.39 is 5.25 Å². The Morgan fingerprint density at radius 3 is 2.67 bits per heavy atom. The van der Waals surface area contributed by atoms with Gasteiger partial charge in [-0.3, -0.25) is 19.0 Å². The average molecular weight is 587 g/mol. The van der Waals surface area contributed by atoms with Crippen LogP contribution in [0.1, 0.15) is 42.1 Å². The molecular formula is C32H34N4O5S. The van der Waals surface area contributed by atoms with Crippen molar-refractivity contribution >= 4 is 40.2 Å². The Hall–Kier alpha value is -4.15. The molecule has 1 aliphatic rings. The molecule has 2 heterocycles. The Morgan fingerprint density at radius 1 is 1.12 bits per heavy atom. The van der Waals surface area contributed by atoms with Crippen LogP contribution < -0.4 is 20.9 Å². The maximum absolute atomic E-state index is 13.7. The van der Waals surface area contributed by atoms with Crippen LogP contribution in [0.15, 0.2) is 82.7 Å². The van der Waals surface area contributed by atoms with Crippen LogP contribution in [-0.2, 0) is 16.1 Å². The van der Waals surface area contributed by atoms with Crippen LogP contribution in [0, 0.1) is 0 Å². The number of fused-ring (bicyclic) bond motifs is 1. The number of hydrogen-bond donors (Lipinski definition) is 2. The smallest absolute Gasteiger partial charge is 0.262 e. The van der Waals surface area contributed by atoms with Gasteiger partial charge in [-0.1, -0.05) is 49.0 Å². The molecule has 1 aromatic heterocycles. The SMILES string of the molecule is CC[C@H](Sc1nc2ccccc2c(=O)n1Cc1ccc(C(=O)NC[C@H]2CCCO2)cc1)C(=O)Nc1cccc(OC)c1. The molecule has 0 saturated carbocycles. The average Bonchev–Trinajstić information content (AvgIpc) is 3.54. The summed E-state index contributed by atoms with van der Waals surface area (Å²) in [5.41, 5.74) is 2.38. The minimum Gasteiger partial charge on any atom is -0.497 e. The fourth-order valence-corrected chi connectivity index (χ4v) is 5.82. The van der Waals surface area contributed by atoms with Gasteiger partial charge in [0.05, 0.1) is 35.9 Å². The lowest BCUT2D eigenvalue weighted by Crippen LogP contribution is -2.31. The minimum absolute atomic E-state index is 0.0703. The zero-order valence-corrected chi connectivity index (χ0v) is 24.5. The molecule has 2 atom stereocenters. The van der Waals surface area contributed by atoms with Gasteiger partial charge < -0.3 is 20.1 Å². The number of benzene rings is 3. The number of carbonyl (C=O) groups excluding carboxylic acids is 2. The molecule has 0 unspecified atom stereocenters. The second kappa shape index (κ2) is 13.7. The van der Waals surface area contributed by atoms with E-state index in [1.165, 1.54) is 11.8 Å². The molecule has 2 amide bonds. The van der Waals surface area contributed by atoms with Gasteiger partial charge in [-0.15, -0.1) is 0 Å². The van der Waals surface area contributed by atoms with Crippen molar-refractivity contribution in [3.05, 3.63) is 94.3 Å². The molecule has 3 aromatic carbocycles. The first-order valence-electron chi connectivity index (χ1n) is 14.0. The molecule has 0 spiro atoms. The Labute approximate surface area is 248 Å². The summed E-state index contributed by atoms with van der Waals surface area (Å²) in [6, 6.07) is 21.6. The molecular weight excluding hydrogens is 552 g/mol. The van der Waals surface area contributed by atoms with Gasteiger partial charge in [-0.2, -0.15) is 0 Å². The zero-order valence-electron chi connectivity index (χ0n) is 23.7. The molecule has 4 aromatic rings. The molecule has 0 bridgehead atoms. The molecule has 1 fully saturated rings. The number of anilines is 1. The third-order valence-electron chi connectivity index (χ3n) is 7.15. The summed E-state index contributed by atoms with van der Waals surface area (Å²) in [5, 5.41) is 6.34. The van der Waals surface area contributed by atoms with Crippen molar-refractivity contribution in [1.29, 1.82) is 0 Å². The van der Waals surface area contributed by atoms with Gasteiger partial charge in [0.1, 0.15) is 5.75 Å². The van der Waals surface area contributed by atoms with Crippen molar-refractivity contribution in [1.82, 2.24) is 14.9 Å². The fourth-order valence-electron chi connectivity index (χ4n) is 4.81. The van der Waals surface area contributed by atoms with Crippen LogP contribution in [0.4, 0.5) is 5.69 Å². The summed E-state index contributed by atoms with van der Waals surface area (Å²) in [7, 11) is 1.57. The number of nitrogens with zero attached hydrogens (tertiary/aromatic N) is 2. The number of aromatic nitrogens is 2. The van der Waals surface area contributed by atoms with Gasteiger partial charge in [-0.05, 0) is 61.2 Å². The lowest BCUT2D eigenvalue weighted by Gasteiger charge is -2.18. The molecule has 0 radical (unpaired) electrons. The van der Waals surface area contributed by atoms with Gasteiger partial charge in [0.15, 0.2) is 5.16 Å². The summed E-state index contributed by atoms with van der Waals surface area (Å²) >= 11 is 1.26. The summed E-state index contributed by atoms with van der Waals surface area (Å²) in [5.74, 6) is 0.290. The highest BCUT2D eigenvalue weighted by atomic mass is 32.2. The van der Waals surface area contributed by atoms with Gasteiger partial charge in [-0.25, -0.2) is 4.98 Å². The predicted octanol–water partition coefficient (Wildman–Crippen LogP) is 4.87. The quantitative estimate of drug-likeness (QED) is 0.191. The first-order valence-corrected chi connectivity index (χ1v) is 14.9. The molecule has 42 heavy (non-hydrogen) atoms. The van der Waals surface area contributed by atoms with Crippen LogP contribution in [0.25, 0.3) is 10.9 Å². The van der Waals surface area contributed by atoms with Crippen LogP contribution in [0.3, 0.4) is 0 Å². The van der Waals surface area contributed by atoms with Crippen LogP contribution >= 0.6 is 11.8 Å². The molecule has 10 heteroatoms. The molecule has 5 rings (SSSR count). The second-order valence-electron chi connectivity index (χ2n) is 10.1. The predicted molar refractivity (Wildman–Crippen MR) is 164 cm³/mol. The van der Waals surface area contributed by atoms with Crippen molar-refractivity contribution in [3.8, 4) is 5.75 Å². The summed E-state index contributed by atoms with van der Waals surface area (Å²) < 4.78 is 12.4. The third kappa shape index (κ3) is 7.00. The second-order valence-corrected chi connectivity index (χ2v) is 11.3. The monoisotopic (exact) mass is 586 g/mol. The highest BCUT2D eigenvalue weighted by Gasteiger charge is 2.23. The summed E-state index contributed by atoms with van der Waals surface area (Å²) in [4.78, 5) is 44.4. The lowest BCUT2D eigenvalue weighted by molar-refractivity contribution is -0.115. The van der Waals surface area contributed by atoms with Gasteiger partial charge in [0.2, 0.25) is 5.91 Å². The highest BCUT2D eigenvalue weighted by molar-refractivity contribution is 8.00. The summed E-state index contributed by atoms with van der Waals surface area (Å²) in [6.45, 7) is 3.40. The van der Waals surface area contributed by atoms with Crippen LogP contribution in [-0.4, -0.2) is 53.0 Å². The number of nitrogens with one attached hydrogen (secondary N) is 2. The van der Waals surface area contributed by atoms with Crippen molar-refractivity contribution in [3.63, 3.8) is 0 Å². The van der Waals surface area contributed by atoms with Crippen molar-refractivity contribution in [2.45, 2.75) is 49.2 Å². The first-order chi connectivity index (χ1) is 20.4. The van der Waals surface area contributed by atoms with E-state index in [1.54, 1.807) is 48.1 Å². The van der Waals surface area contributed by atoms with E-state index in [-0.39, 0.29) is 30.0 Å². The van der Waals surface area contributed by atoms with E-state index in [1.807, 2.05) is 43.3 Å². The molecule has 218 valence electrons. The van der Waals surface area contributed by atoms with E-state index in [9.17, 15) is 14.4 Å². The maximum Gasteiger partial charge on any atom is 0.262 e. The van der Waals surface area contributed by atoms with Crippen LogP contribution in [0.5, 0.6) is 5.75 Å². The topological polar surface area (TPSA) is 112 Å². The van der Waals surface area contributed by atoms with Crippen LogP contribution in [0.2, 0.25) is 0 Å². The van der Waals surface area contributed by atoms with Gasteiger partial charge >= 0.3 is 0 Å². The van der Waals surface area contributed by atoms with Crippen molar-refractivity contribution in [2.75, 3.05) is 25.6 Å². The Morgan fingerprint density at radius 2 is 1.93 bits per heavy atom. The number of amides is 2. The fraction of sp³-hybridized carbons (Fsp3) is 0.312. The highest BCUT2D eigenvalue weighted by Crippen LogP contribution is 2.27. The van der Waals surface area contributed by atoms with E-state index >= 15 is 0 Å². The maximum atomic E-state index is 13.7. The molecule has 1 aliphatic heterocycles. The number of ether oxygens (including phenoxy) is 2. The van der Waals surface area contributed by atoms with Crippen molar-refractivity contribution in [2.24, 2.45) is 0 Å². The Kier molecular flexibility index (Phi) is 9.55. The standard InChI is InChI=1S/C32H34N4O5S/c1-3-28(30(38)34-23-8-6-9-24(18-23)40-2)42-32-35-27-12-5-4-11-26(27)31(39)36(32)20-21-13-15-22(16-14-21)29(37)33-19-25-10-7-17-41-25/h4-6,8-9,11-16,18,25,28H,3,7,10,17,19-20H2,1-2H3,(H,33,37)(H,34,38)/t25-,28+/m1/s1. The Balaban J connectivity index is 1.36. The number of rotatable bonds is 11. The number of methoxy groups -OCH3 is 1. The van der Waals surface area contributed by atoms with Gasteiger partial charge in [0, 0.05) is 30.5 Å². The van der Waals surface area contributed by atoms with Gasteiger partial charge in [0.25, 0.3) is 11.5 Å². The van der Waals surface area contributed by atoms with E-state index in [4.69, 9.17) is 14.5 Å². The zero-order chi connectivity index (χ0) is 29.5. The number of para-hydroxylation sites is 1. The van der Waals surface area contributed by atoms with E-state index in [0.717, 1.165) is 25.0 Å². The third-order valence-corrected chi connectivity index (χ3v) is 8.50. The first kappa shape index (κ1) is 29.3. The van der Waals surface area contributed by atoms with E-state index in [2.05, 4.69) is 10.6 Å². The molecule has 1 saturated heterocycles. The Bertz CT molecular complexity index is 1620. The van der Waals surface area contributed by atoms with Crippen molar-refractivity contribution < 1.29 is 19.1 Å². The lowest BCUT2D eigenvalue weighted by atomic mass is 10.1. The molecule has 0 aliphatic carbocycles. The minimum atomic E-state index is -0.495. The summed E-state index contributed by atoms with van der Waals surface area (Å²) in [6.07, 6.45) is 2.57. The largest absolute Gasteiger partial charge is 0.497 e.